The predicted molar refractivity (Wildman–Crippen MR) is 58.7 cm³/mol. The average Bonchev–Trinajstić information content (AvgIpc) is 2.16. The van der Waals surface area contributed by atoms with Crippen molar-refractivity contribution >= 4 is 0 Å². The maximum absolute atomic E-state index is 9.70. The molecule has 1 nitrogen and oxygen atoms in total. The smallest absolute Gasteiger partial charge is 0.0600 e. The van der Waals surface area contributed by atoms with E-state index in [2.05, 4.69) is 26.0 Å². The van der Waals surface area contributed by atoms with E-state index < -0.39 is 0 Å². The van der Waals surface area contributed by atoms with Crippen LogP contribution < -0.4 is 0 Å². The molecule has 78 valence electrons. The largest absolute Gasteiger partial charge is 0.393 e. The number of aliphatic hydroxyl groups is 1. The van der Waals surface area contributed by atoms with Crippen LogP contribution >= 0.6 is 0 Å². The lowest BCUT2D eigenvalue weighted by molar-refractivity contribution is 0.121. The molecule has 0 radical (unpaired) electrons. The van der Waals surface area contributed by atoms with E-state index in [-0.39, 0.29) is 6.10 Å². The molecule has 0 aliphatic rings. The predicted octanol–water partition coefficient (Wildman–Crippen LogP) is 3.53. The second-order valence-corrected chi connectivity index (χ2v) is 3.64. The van der Waals surface area contributed by atoms with Crippen LogP contribution in [-0.2, 0) is 0 Å². The molecule has 0 spiro atoms. The summed E-state index contributed by atoms with van der Waals surface area (Å²) in [5.74, 6) is 0.376. The van der Waals surface area contributed by atoms with Crippen molar-refractivity contribution in [1.29, 1.82) is 0 Å². The topological polar surface area (TPSA) is 20.2 Å². The minimum atomic E-state index is -0.145. The molecule has 0 aliphatic heterocycles. The fourth-order valence-corrected chi connectivity index (χ4v) is 1.49. The van der Waals surface area contributed by atoms with Gasteiger partial charge < -0.3 is 5.11 Å². The van der Waals surface area contributed by atoms with Gasteiger partial charge in [-0.25, -0.2) is 0 Å². The fourth-order valence-electron chi connectivity index (χ4n) is 1.49. The molecule has 0 saturated heterocycles. The Hall–Kier alpha value is -0.300. The van der Waals surface area contributed by atoms with Crippen molar-refractivity contribution in [3.8, 4) is 0 Å². The molecule has 0 bridgehead atoms. The summed E-state index contributed by atoms with van der Waals surface area (Å²) in [4.78, 5) is 0. The van der Waals surface area contributed by atoms with Gasteiger partial charge in [0.2, 0.25) is 0 Å². The SMILES string of the molecule is CCCC=CC(CCC)C(O)CC. The van der Waals surface area contributed by atoms with Gasteiger partial charge in [-0.3, -0.25) is 0 Å². The first-order valence-electron chi connectivity index (χ1n) is 5.60. The van der Waals surface area contributed by atoms with Crippen molar-refractivity contribution in [1.82, 2.24) is 0 Å². The van der Waals surface area contributed by atoms with Crippen LogP contribution in [0.15, 0.2) is 12.2 Å². The molecule has 1 N–H and O–H groups in total. The summed E-state index contributed by atoms with van der Waals surface area (Å²) in [5, 5.41) is 9.70. The maximum Gasteiger partial charge on any atom is 0.0600 e. The first kappa shape index (κ1) is 12.7. The molecular weight excluding hydrogens is 160 g/mol. The van der Waals surface area contributed by atoms with Crippen LogP contribution in [0.1, 0.15) is 52.9 Å². The maximum atomic E-state index is 9.70. The van der Waals surface area contributed by atoms with E-state index in [9.17, 15) is 5.11 Å². The van der Waals surface area contributed by atoms with Gasteiger partial charge in [-0.15, -0.1) is 0 Å². The second kappa shape index (κ2) is 8.31. The van der Waals surface area contributed by atoms with Crippen LogP contribution in [0, 0.1) is 5.92 Å². The third-order valence-electron chi connectivity index (χ3n) is 2.37. The van der Waals surface area contributed by atoms with Gasteiger partial charge in [-0.1, -0.05) is 45.8 Å². The molecule has 13 heavy (non-hydrogen) atoms. The van der Waals surface area contributed by atoms with Gasteiger partial charge in [-0.05, 0) is 19.3 Å². The standard InChI is InChI=1S/C12H24O/c1-4-7-8-10-11(9-5-2)12(13)6-3/h8,10-13H,4-7,9H2,1-3H3. The van der Waals surface area contributed by atoms with E-state index in [4.69, 9.17) is 0 Å². The van der Waals surface area contributed by atoms with Gasteiger partial charge >= 0.3 is 0 Å². The monoisotopic (exact) mass is 184 g/mol. The van der Waals surface area contributed by atoms with Crippen molar-refractivity contribution in [3.63, 3.8) is 0 Å². The van der Waals surface area contributed by atoms with Gasteiger partial charge in [0.15, 0.2) is 0 Å². The minimum absolute atomic E-state index is 0.145. The first-order chi connectivity index (χ1) is 6.26. The molecule has 2 atom stereocenters. The van der Waals surface area contributed by atoms with Gasteiger partial charge in [0.05, 0.1) is 6.10 Å². The van der Waals surface area contributed by atoms with Crippen molar-refractivity contribution in [2.75, 3.05) is 0 Å². The Kier molecular flexibility index (Phi) is 8.11. The molecule has 0 aromatic carbocycles. The molecular formula is C12H24O. The lowest BCUT2D eigenvalue weighted by Gasteiger charge is -2.17. The van der Waals surface area contributed by atoms with Crippen LogP contribution in [-0.4, -0.2) is 11.2 Å². The number of rotatable bonds is 7. The quantitative estimate of drug-likeness (QED) is 0.600. The summed E-state index contributed by atoms with van der Waals surface area (Å²) < 4.78 is 0. The number of allylic oxidation sites excluding steroid dienone is 1. The fraction of sp³-hybridized carbons (Fsp3) is 0.833. The van der Waals surface area contributed by atoms with E-state index in [0.29, 0.717) is 5.92 Å². The van der Waals surface area contributed by atoms with Crippen LogP contribution in [0.4, 0.5) is 0 Å². The third kappa shape index (κ3) is 5.87. The molecule has 0 rings (SSSR count). The second-order valence-electron chi connectivity index (χ2n) is 3.64. The van der Waals surface area contributed by atoms with Crippen molar-refractivity contribution in [2.45, 2.75) is 59.0 Å². The molecule has 0 fully saturated rings. The summed E-state index contributed by atoms with van der Waals surface area (Å²) >= 11 is 0. The third-order valence-corrected chi connectivity index (χ3v) is 2.37. The van der Waals surface area contributed by atoms with Gasteiger partial charge in [0.1, 0.15) is 0 Å². The molecule has 0 saturated carbocycles. The number of hydrogen-bond acceptors (Lipinski definition) is 1. The number of unbranched alkanes of at least 4 members (excludes halogenated alkanes) is 1. The Labute approximate surface area is 82.9 Å². The van der Waals surface area contributed by atoms with E-state index in [0.717, 1.165) is 25.7 Å². The Morgan fingerprint density at radius 2 is 1.85 bits per heavy atom. The normalized spacial score (nSPS) is 16.3. The van der Waals surface area contributed by atoms with Gasteiger partial charge in [0, 0.05) is 5.92 Å². The molecule has 0 amide bonds. The van der Waals surface area contributed by atoms with Gasteiger partial charge in [0.25, 0.3) is 0 Å². The summed E-state index contributed by atoms with van der Waals surface area (Å²) in [6.45, 7) is 6.39. The Balaban J connectivity index is 3.92. The Morgan fingerprint density at radius 1 is 1.15 bits per heavy atom. The molecule has 0 heterocycles. The zero-order valence-corrected chi connectivity index (χ0v) is 9.29. The van der Waals surface area contributed by atoms with Crippen LogP contribution in [0.2, 0.25) is 0 Å². The molecule has 1 heteroatoms. The summed E-state index contributed by atoms with van der Waals surface area (Å²) in [7, 11) is 0. The zero-order chi connectivity index (χ0) is 10.1. The summed E-state index contributed by atoms with van der Waals surface area (Å²) in [6, 6.07) is 0. The highest BCUT2D eigenvalue weighted by Crippen LogP contribution is 2.16. The lowest BCUT2D eigenvalue weighted by Crippen LogP contribution is -2.17. The highest BCUT2D eigenvalue weighted by molar-refractivity contribution is 4.91. The summed E-state index contributed by atoms with van der Waals surface area (Å²) in [5.41, 5.74) is 0. The van der Waals surface area contributed by atoms with Crippen molar-refractivity contribution in [3.05, 3.63) is 12.2 Å². The Bertz CT molecular complexity index is 129. The highest BCUT2D eigenvalue weighted by Gasteiger charge is 2.12. The van der Waals surface area contributed by atoms with Crippen LogP contribution in [0.5, 0.6) is 0 Å². The number of hydrogen-bond donors (Lipinski definition) is 1. The summed E-state index contributed by atoms with van der Waals surface area (Å²) in [6.07, 6.45) is 9.71. The van der Waals surface area contributed by atoms with Crippen molar-refractivity contribution in [2.24, 2.45) is 5.92 Å². The molecule has 0 aromatic rings. The molecule has 2 unspecified atom stereocenters. The minimum Gasteiger partial charge on any atom is -0.393 e. The molecule has 0 aliphatic carbocycles. The Morgan fingerprint density at radius 3 is 2.31 bits per heavy atom. The van der Waals surface area contributed by atoms with Crippen molar-refractivity contribution < 1.29 is 5.11 Å². The van der Waals surface area contributed by atoms with Gasteiger partial charge in [-0.2, -0.15) is 0 Å². The first-order valence-corrected chi connectivity index (χ1v) is 5.60. The van der Waals surface area contributed by atoms with Crippen LogP contribution in [0.3, 0.4) is 0 Å². The van der Waals surface area contributed by atoms with Crippen LogP contribution in [0.25, 0.3) is 0 Å². The zero-order valence-electron chi connectivity index (χ0n) is 9.29. The van der Waals surface area contributed by atoms with E-state index in [1.165, 1.54) is 6.42 Å². The average molecular weight is 184 g/mol. The highest BCUT2D eigenvalue weighted by atomic mass is 16.3. The van der Waals surface area contributed by atoms with E-state index in [1.54, 1.807) is 0 Å². The van der Waals surface area contributed by atoms with E-state index >= 15 is 0 Å². The lowest BCUT2D eigenvalue weighted by atomic mass is 9.94. The molecule has 0 aromatic heterocycles. The number of aliphatic hydroxyl groups excluding tert-OH is 1. The van der Waals surface area contributed by atoms with E-state index in [1.807, 2.05) is 6.92 Å².